The lowest BCUT2D eigenvalue weighted by molar-refractivity contribution is -0.142. The third kappa shape index (κ3) is 10.0. The van der Waals surface area contributed by atoms with Crippen molar-refractivity contribution >= 4 is 23.9 Å². The highest BCUT2D eigenvalue weighted by Crippen LogP contribution is 2.01. The summed E-state index contributed by atoms with van der Waals surface area (Å²) in [5.74, 6) is -2.15. The first-order valence-corrected chi connectivity index (χ1v) is 8.71. The average Bonchev–Trinajstić information content (AvgIpc) is 2.73. The highest BCUT2D eigenvalue weighted by Gasteiger charge is 2.15. The van der Waals surface area contributed by atoms with Crippen molar-refractivity contribution in [3.8, 4) is 0 Å². The van der Waals surface area contributed by atoms with Crippen LogP contribution in [0.4, 0.5) is 0 Å². The lowest BCUT2D eigenvalue weighted by Crippen LogP contribution is -2.35. The van der Waals surface area contributed by atoms with Gasteiger partial charge < -0.3 is 9.84 Å². The molecule has 1 aromatic carbocycles. The van der Waals surface area contributed by atoms with Crippen LogP contribution in [0.5, 0.6) is 0 Å². The number of rotatable bonds is 9. The van der Waals surface area contributed by atoms with E-state index in [2.05, 4.69) is 19.7 Å². The molecule has 1 rings (SSSR count). The molecule has 0 unspecified atom stereocenters. The van der Waals surface area contributed by atoms with Gasteiger partial charge in [-0.05, 0) is 24.1 Å². The SMILES string of the molecule is C=CC(=O)N(CO)C(=O)C=CC(=C)C(=O)OCCCC.C=Cc1ccccc1. The molecule has 0 aliphatic heterocycles. The second-order valence-corrected chi connectivity index (χ2v) is 5.41. The maximum absolute atomic E-state index is 11.6. The fraction of sp³-hybridized carbons (Fsp3) is 0.227. The highest BCUT2D eigenvalue weighted by molar-refractivity contribution is 6.05. The number of carbonyl (C=O) groups is 3. The summed E-state index contributed by atoms with van der Waals surface area (Å²) in [5.41, 5.74) is 1.16. The number of hydrogen-bond donors (Lipinski definition) is 1. The molecule has 2 amide bonds. The summed E-state index contributed by atoms with van der Waals surface area (Å²) in [5, 5.41) is 8.90. The number of amides is 2. The van der Waals surface area contributed by atoms with Crippen LogP contribution in [0.3, 0.4) is 0 Å². The first-order valence-electron chi connectivity index (χ1n) is 8.71. The summed E-state index contributed by atoms with van der Waals surface area (Å²) in [6, 6.07) is 10.0. The first-order chi connectivity index (χ1) is 13.4. The molecule has 1 aromatic rings. The van der Waals surface area contributed by atoms with Crippen molar-refractivity contribution in [2.24, 2.45) is 0 Å². The van der Waals surface area contributed by atoms with Crippen LogP contribution < -0.4 is 0 Å². The van der Waals surface area contributed by atoms with Gasteiger partial charge in [0.15, 0.2) is 0 Å². The van der Waals surface area contributed by atoms with Crippen molar-refractivity contribution in [3.63, 3.8) is 0 Å². The van der Waals surface area contributed by atoms with E-state index in [9.17, 15) is 14.4 Å². The maximum Gasteiger partial charge on any atom is 0.337 e. The molecule has 6 heteroatoms. The van der Waals surface area contributed by atoms with Gasteiger partial charge in [0.2, 0.25) is 0 Å². The Balaban J connectivity index is 0.000000749. The molecule has 0 aliphatic rings. The number of unbranched alkanes of at least 4 members (excludes halogenated alkanes) is 1. The van der Waals surface area contributed by atoms with Gasteiger partial charge in [0, 0.05) is 6.08 Å². The molecule has 0 fully saturated rings. The zero-order valence-electron chi connectivity index (χ0n) is 16.2. The van der Waals surface area contributed by atoms with Gasteiger partial charge in [-0.2, -0.15) is 0 Å². The fourth-order valence-corrected chi connectivity index (χ4v) is 1.68. The summed E-state index contributed by atoms with van der Waals surface area (Å²) < 4.78 is 4.88. The van der Waals surface area contributed by atoms with E-state index in [1.165, 1.54) is 5.56 Å². The van der Waals surface area contributed by atoms with E-state index >= 15 is 0 Å². The first kappa shape index (κ1) is 24.8. The second kappa shape index (κ2) is 14.9. The topological polar surface area (TPSA) is 83.9 Å². The maximum atomic E-state index is 11.6. The largest absolute Gasteiger partial charge is 0.462 e. The minimum Gasteiger partial charge on any atom is -0.462 e. The minimum atomic E-state index is -0.778. The van der Waals surface area contributed by atoms with Crippen LogP contribution in [-0.4, -0.2) is 41.1 Å². The third-order valence-corrected chi connectivity index (χ3v) is 3.30. The van der Waals surface area contributed by atoms with Crippen LogP contribution >= 0.6 is 0 Å². The zero-order valence-corrected chi connectivity index (χ0v) is 16.2. The van der Waals surface area contributed by atoms with Crippen LogP contribution in [0.1, 0.15) is 25.3 Å². The van der Waals surface area contributed by atoms with Crippen molar-refractivity contribution in [3.05, 3.63) is 79.4 Å². The third-order valence-electron chi connectivity index (χ3n) is 3.30. The molecule has 28 heavy (non-hydrogen) atoms. The van der Waals surface area contributed by atoms with Gasteiger partial charge in [0.1, 0.15) is 6.73 Å². The molecule has 0 saturated carbocycles. The van der Waals surface area contributed by atoms with Gasteiger partial charge in [0.25, 0.3) is 11.8 Å². The van der Waals surface area contributed by atoms with E-state index in [-0.39, 0.29) is 12.2 Å². The van der Waals surface area contributed by atoms with Gasteiger partial charge in [-0.15, -0.1) is 0 Å². The monoisotopic (exact) mass is 385 g/mol. The Morgan fingerprint density at radius 1 is 1.11 bits per heavy atom. The van der Waals surface area contributed by atoms with Crippen molar-refractivity contribution in [1.29, 1.82) is 0 Å². The highest BCUT2D eigenvalue weighted by atomic mass is 16.5. The molecule has 150 valence electrons. The van der Waals surface area contributed by atoms with Crippen LogP contribution in [-0.2, 0) is 19.1 Å². The van der Waals surface area contributed by atoms with Crippen LogP contribution in [0.25, 0.3) is 6.08 Å². The molecule has 0 heterocycles. The number of nitrogens with zero attached hydrogens (tertiary/aromatic N) is 1. The van der Waals surface area contributed by atoms with Crippen molar-refractivity contribution in [1.82, 2.24) is 4.90 Å². The molecule has 1 N–H and O–H groups in total. The van der Waals surface area contributed by atoms with Crippen LogP contribution in [0.2, 0.25) is 0 Å². The number of aliphatic hydroxyl groups is 1. The molecule has 0 aromatic heterocycles. The summed E-state index contributed by atoms with van der Waals surface area (Å²) in [6.45, 7) is 11.8. The summed E-state index contributed by atoms with van der Waals surface area (Å²) in [7, 11) is 0. The Morgan fingerprint density at radius 2 is 1.75 bits per heavy atom. The van der Waals surface area contributed by atoms with Gasteiger partial charge in [0.05, 0.1) is 12.2 Å². The van der Waals surface area contributed by atoms with E-state index in [0.29, 0.717) is 4.90 Å². The molecular formula is C22H27NO5. The molecule has 0 saturated heterocycles. The smallest absolute Gasteiger partial charge is 0.337 e. The average molecular weight is 385 g/mol. The lowest BCUT2D eigenvalue weighted by atomic mass is 10.2. The second-order valence-electron chi connectivity index (χ2n) is 5.41. The molecule has 6 nitrogen and oxygen atoms in total. The van der Waals surface area contributed by atoms with Crippen LogP contribution in [0.15, 0.2) is 73.9 Å². The van der Waals surface area contributed by atoms with E-state index in [4.69, 9.17) is 9.84 Å². The van der Waals surface area contributed by atoms with Crippen molar-refractivity contribution in [2.75, 3.05) is 13.3 Å². The number of benzene rings is 1. The Kier molecular flexibility index (Phi) is 13.1. The predicted molar refractivity (Wildman–Crippen MR) is 110 cm³/mol. The zero-order chi connectivity index (χ0) is 21.4. The van der Waals surface area contributed by atoms with E-state index in [1.54, 1.807) is 0 Å². The van der Waals surface area contributed by atoms with Gasteiger partial charge >= 0.3 is 5.97 Å². The standard InChI is InChI=1S/C14H19NO5.C8H8/c1-4-6-9-20-14(19)11(3)7-8-13(18)15(10-16)12(17)5-2;1-2-8-6-4-3-5-7-8/h5,7-8,16H,2-4,6,9-10H2,1H3;2-7H,1H2. The summed E-state index contributed by atoms with van der Waals surface area (Å²) in [4.78, 5) is 34.8. The van der Waals surface area contributed by atoms with Gasteiger partial charge in [-0.25, -0.2) is 4.79 Å². The van der Waals surface area contributed by atoms with Crippen LogP contribution in [0, 0.1) is 0 Å². The van der Waals surface area contributed by atoms with Gasteiger partial charge in [-0.1, -0.05) is 69.5 Å². The Hall–Kier alpha value is -3.25. The normalized spacial score (nSPS) is 9.64. The Bertz CT molecular complexity index is 707. The van der Waals surface area contributed by atoms with E-state index in [0.717, 1.165) is 31.1 Å². The number of esters is 1. The molecule has 0 spiro atoms. The Labute approximate surface area is 166 Å². The summed E-state index contributed by atoms with van der Waals surface area (Å²) in [6.07, 6.45) is 6.46. The Morgan fingerprint density at radius 3 is 2.21 bits per heavy atom. The number of ether oxygens (including phenoxy) is 1. The summed E-state index contributed by atoms with van der Waals surface area (Å²) >= 11 is 0. The predicted octanol–water partition coefficient (Wildman–Crippen LogP) is 3.26. The number of carbonyl (C=O) groups excluding carboxylic acids is 3. The quantitative estimate of drug-likeness (QED) is 0.232. The fourth-order valence-electron chi connectivity index (χ4n) is 1.68. The minimum absolute atomic E-state index is 0.0154. The van der Waals surface area contributed by atoms with E-state index < -0.39 is 24.5 Å². The molecular weight excluding hydrogens is 358 g/mol. The number of imide groups is 1. The van der Waals surface area contributed by atoms with Crippen molar-refractivity contribution in [2.45, 2.75) is 19.8 Å². The van der Waals surface area contributed by atoms with E-state index in [1.807, 2.05) is 43.3 Å². The molecule has 0 aliphatic carbocycles. The van der Waals surface area contributed by atoms with Crippen molar-refractivity contribution < 1.29 is 24.2 Å². The number of hydrogen-bond acceptors (Lipinski definition) is 5. The molecule has 0 atom stereocenters. The molecule has 0 radical (unpaired) electrons. The molecule has 0 bridgehead atoms. The lowest BCUT2D eigenvalue weighted by Gasteiger charge is -2.13. The van der Waals surface area contributed by atoms with Gasteiger partial charge in [-0.3, -0.25) is 14.5 Å². The number of aliphatic hydroxyl groups excluding tert-OH is 1.